The number of aliphatic hydroxyl groups is 1. The van der Waals surface area contributed by atoms with Crippen molar-refractivity contribution in [2.75, 3.05) is 39.4 Å². The van der Waals surface area contributed by atoms with Gasteiger partial charge in [0.2, 0.25) is 0 Å². The van der Waals surface area contributed by atoms with Crippen LogP contribution in [0.15, 0.2) is 29.8 Å². The van der Waals surface area contributed by atoms with E-state index >= 15 is 0 Å². The Kier molecular flexibility index (Phi) is 5.88. The lowest BCUT2D eigenvalue weighted by atomic mass is 9.94. The predicted octanol–water partition coefficient (Wildman–Crippen LogP) is 1.92. The first kappa shape index (κ1) is 21.2. The summed E-state index contributed by atoms with van der Waals surface area (Å²) >= 11 is 0. The molecule has 2 aliphatic rings. The van der Waals surface area contributed by atoms with Crippen LogP contribution in [0.2, 0.25) is 0 Å². The Bertz CT molecular complexity index is 1020. The molecule has 164 valence electrons. The molecule has 2 fully saturated rings. The summed E-state index contributed by atoms with van der Waals surface area (Å²) < 4.78 is 19.4. The number of aryl methyl sites for hydroxylation is 2. The van der Waals surface area contributed by atoms with Crippen LogP contribution in [0.3, 0.4) is 0 Å². The summed E-state index contributed by atoms with van der Waals surface area (Å²) in [6.45, 7) is 6.95. The van der Waals surface area contributed by atoms with Crippen molar-refractivity contribution in [3.8, 4) is 0 Å². The number of aromatic amines is 1. The van der Waals surface area contributed by atoms with Crippen LogP contribution in [0.1, 0.15) is 28.6 Å². The second-order valence-electron chi connectivity index (χ2n) is 7.81. The minimum atomic E-state index is -0.884. The molecule has 0 spiro atoms. The van der Waals surface area contributed by atoms with E-state index in [0.717, 1.165) is 13.1 Å². The largest absolute Gasteiger partial charge is 0.507 e. The van der Waals surface area contributed by atoms with Crippen molar-refractivity contribution in [3.05, 3.63) is 58.2 Å². The van der Waals surface area contributed by atoms with Crippen LogP contribution in [0.4, 0.5) is 4.39 Å². The summed E-state index contributed by atoms with van der Waals surface area (Å²) in [5.41, 5.74) is 1.85. The number of ketones is 1. The highest BCUT2D eigenvalue weighted by Gasteiger charge is 2.46. The fraction of sp³-hybridized carbons (Fsp3) is 0.409. The van der Waals surface area contributed by atoms with Crippen LogP contribution in [-0.2, 0) is 14.3 Å². The molecule has 3 heterocycles. The van der Waals surface area contributed by atoms with Crippen molar-refractivity contribution in [3.63, 3.8) is 0 Å². The molecule has 2 aliphatic heterocycles. The van der Waals surface area contributed by atoms with Gasteiger partial charge in [-0.1, -0.05) is 12.1 Å². The zero-order valence-corrected chi connectivity index (χ0v) is 17.5. The molecule has 2 saturated heterocycles. The number of morpholine rings is 1. The number of hydrogen-bond acceptors (Lipinski definition) is 6. The van der Waals surface area contributed by atoms with Gasteiger partial charge in [-0.25, -0.2) is 4.39 Å². The third-order valence-electron chi connectivity index (χ3n) is 5.83. The lowest BCUT2D eigenvalue weighted by Gasteiger charge is -2.31. The Hall–Kier alpha value is -3.04. The van der Waals surface area contributed by atoms with Crippen LogP contribution in [0.5, 0.6) is 0 Å². The molecular weight excluding hydrogens is 403 g/mol. The van der Waals surface area contributed by atoms with E-state index in [9.17, 15) is 19.1 Å². The minimum Gasteiger partial charge on any atom is -0.507 e. The molecule has 31 heavy (non-hydrogen) atoms. The molecule has 2 N–H and O–H groups in total. The van der Waals surface area contributed by atoms with Gasteiger partial charge in [-0.05, 0) is 31.5 Å². The van der Waals surface area contributed by atoms with Crippen molar-refractivity contribution in [1.29, 1.82) is 0 Å². The van der Waals surface area contributed by atoms with Crippen LogP contribution in [0.25, 0.3) is 5.76 Å². The number of nitrogens with zero attached hydrogens (tertiary/aromatic N) is 3. The van der Waals surface area contributed by atoms with Gasteiger partial charge in [-0.3, -0.25) is 19.6 Å². The number of nitrogens with one attached hydrogen (secondary N) is 1. The van der Waals surface area contributed by atoms with Crippen molar-refractivity contribution >= 4 is 17.4 Å². The summed E-state index contributed by atoms with van der Waals surface area (Å²) in [7, 11) is 0. The summed E-state index contributed by atoms with van der Waals surface area (Å²) in [4.78, 5) is 29.6. The highest BCUT2D eigenvalue weighted by atomic mass is 19.1. The lowest BCUT2D eigenvalue weighted by molar-refractivity contribution is -0.140. The smallest absolute Gasteiger partial charge is 0.295 e. The molecule has 2 aromatic rings. The Morgan fingerprint density at radius 2 is 2.00 bits per heavy atom. The number of H-pyrrole nitrogens is 1. The van der Waals surface area contributed by atoms with E-state index in [1.54, 1.807) is 19.9 Å². The van der Waals surface area contributed by atoms with Gasteiger partial charge in [0.05, 0.1) is 36.1 Å². The van der Waals surface area contributed by atoms with E-state index < -0.39 is 23.5 Å². The molecule has 1 atom stereocenters. The summed E-state index contributed by atoms with van der Waals surface area (Å²) in [5.74, 6) is -2.27. The fourth-order valence-corrected chi connectivity index (χ4v) is 4.24. The quantitative estimate of drug-likeness (QED) is 0.429. The third-order valence-corrected chi connectivity index (χ3v) is 5.83. The highest BCUT2D eigenvalue weighted by Crippen LogP contribution is 2.40. The van der Waals surface area contributed by atoms with Crippen molar-refractivity contribution in [2.24, 2.45) is 0 Å². The SMILES string of the molecule is Cc1n[nH]c(C)c1C(O)=C1C(=O)C(=O)N(CCN2CCOCC2)[C@@H]1c1cccc(F)c1. The third kappa shape index (κ3) is 3.98. The number of carbonyl (C=O) groups excluding carboxylic acids is 2. The summed E-state index contributed by atoms with van der Waals surface area (Å²) in [6.07, 6.45) is 0. The van der Waals surface area contributed by atoms with E-state index in [2.05, 4.69) is 15.1 Å². The number of ether oxygens (including phenoxy) is 1. The molecule has 1 amide bonds. The molecular formula is C22H25FN4O4. The number of carbonyl (C=O) groups is 2. The first-order valence-electron chi connectivity index (χ1n) is 10.2. The maximum atomic E-state index is 14.0. The van der Waals surface area contributed by atoms with E-state index in [1.165, 1.54) is 23.1 Å². The molecule has 1 aromatic carbocycles. The normalized spacial score (nSPS) is 21.8. The maximum Gasteiger partial charge on any atom is 0.295 e. The van der Waals surface area contributed by atoms with Gasteiger partial charge >= 0.3 is 0 Å². The predicted molar refractivity (Wildman–Crippen MR) is 111 cm³/mol. The van der Waals surface area contributed by atoms with Crippen molar-refractivity contribution in [1.82, 2.24) is 20.0 Å². The van der Waals surface area contributed by atoms with Gasteiger partial charge in [0.1, 0.15) is 11.6 Å². The van der Waals surface area contributed by atoms with Gasteiger partial charge < -0.3 is 14.7 Å². The molecule has 0 saturated carbocycles. The van der Waals surface area contributed by atoms with Gasteiger partial charge in [-0.15, -0.1) is 0 Å². The van der Waals surface area contributed by atoms with E-state index in [0.29, 0.717) is 42.3 Å². The Balaban J connectivity index is 1.77. The standard InChI is InChI=1S/C22H25FN4O4/c1-13-17(14(2)25-24-13)20(28)18-19(15-4-3-5-16(23)12-15)27(22(30)21(18)29)7-6-26-8-10-31-11-9-26/h3-5,12,19,28H,6-11H2,1-2H3,(H,24,25)/t19-/m1/s1. The molecule has 0 aliphatic carbocycles. The fourth-order valence-electron chi connectivity index (χ4n) is 4.24. The first-order chi connectivity index (χ1) is 14.9. The van der Waals surface area contributed by atoms with Gasteiger partial charge in [0.25, 0.3) is 11.7 Å². The number of hydrogen-bond donors (Lipinski definition) is 2. The molecule has 0 unspecified atom stereocenters. The van der Waals surface area contributed by atoms with E-state index in [-0.39, 0.29) is 17.9 Å². The molecule has 1 aromatic heterocycles. The Morgan fingerprint density at radius 1 is 1.26 bits per heavy atom. The van der Waals surface area contributed by atoms with Crippen LogP contribution < -0.4 is 0 Å². The molecule has 0 radical (unpaired) electrons. The maximum absolute atomic E-state index is 14.0. The number of Topliss-reactive ketones (excluding diaryl/α,β-unsaturated/α-hetero) is 1. The Morgan fingerprint density at radius 3 is 2.65 bits per heavy atom. The topological polar surface area (TPSA) is 98.8 Å². The average molecular weight is 428 g/mol. The monoisotopic (exact) mass is 428 g/mol. The molecule has 8 nitrogen and oxygen atoms in total. The van der Waals surface area contributed by atoms with Crippen LogP contribution >= 0.6 is 0 Å². The number of aromatic nitrogens is 2. The average Bonchev–Trinajstić information content (AvgIpc) is 3.23. The molecule has 4 rings (SSSR count). The van der Waals surface area contributed by atoms with Crippen LogP contribution in [0, 0.1) is 19.7 Å². The van der Waals surface area contributed by atoms with E-state index in [1.807, 2.05) is 0 Å². The van der Waals surface area contributed by atoms with E-state index in [4.69, 9.17) is 4.74 Å². The van der Waals surface area contributed by atoms with Gasteiger partial charge in [0, 0.05) is 31.9 Å². The minimum absolute atomic E-state index is 0.0508. The second kappa shape index (κ2) is 8.60. The zero-order valence-electron chi connectivity index (χ0n) is 17.5. The van der Waals surface area contributed by atoms with Gasteiger partial charge in [0.15, 0.2) is 0 Å². The second-order valence-corrected chi connectivity index (χ2v) is 7.81. The zero-order chi connectivity index (χ0) is 22.1. The first-order valence-corrected chi connectivity index (χ1v) is 10.2. The highest BCUT2D eigenvalue weighted by molar-refractivity contribution is 6.46. The van der Waals surface area contributed by atoms with Crippen molar-refractivity contribution < 1.29 is 23.8 Å². The molecule has 9 heteroatoms. The number of halogens is 1. The molecule has 0 bridgehead atoms. The number of rotatable bonds is 5. The van der Waals surface area contributed by atoms with Crippen molar-refractivity contribution in [2.45, 2.75) is 19.9 Å². The number of benzene rings is 1. The summed E-state index contributed by atoms with van der Waals surface area (Å²) in [5, 5.41) is 17.9. The number of likely N-dealkylation sites (tertiary alicyclic amines) is 1. The number of aliphatic hydroxyl groups excluding tert-OH is 1. The lowest BCUT2D eigenvalue weighted by Crippen LogP contribution is -2.42. The number of amides is 1. The van der Waals surface area contributed by atoms with Crippen LogP contribution in [-0.4, -0.2) is 76.2 Å². The Labute approximate surface area is 179 Å². The van der Waals surface area contributed by atoms with Gasteiger partial charge in [-0.2, -0.15) is 5.10 Å². The summed E-state index contributed by atoms with van der Waals surface area (Å²) in [6, 6.07) is 4.89.